The maximum Gasteiger partial charge on any atom is 0.355 e. The van der Waals surface area contributed by atoms with E-state index in [-0.39, 0.29) is 16.4 Å². The summed E-state index contributed by atoms with van der Waals surface area (Å²) >= 11 is 5.83. The van der Waals surface area contributed by atoms with Gasteiger partial charge in [0.1, 0.15) is 5.58 Å². The predicted octanol–water partition coefficient (Wildman–Crippen LogP) is 5.15. The number of carbonyl (C=O) groups is 1. The van der Waals surface area contributed by atoms with Crippen molar-refractivity contribution in [2.24, 2.45) is 0 Å². The van der Waals surface area contributed by atoms with Crippen LogP contribution < -0.4 is 10.9 Å². The summed E-state index contributed by atoms with van der Waals surface area (Å²) in [7, 11) is -4.13. The van der Waals surface area contributed by atoms with E-state index in [2.05, 4.69) is 5.32 Å². The van der Waals surface area contributed by atoms with Crippen LogP contribution in [0.1, 0.15) is 21.5 Å². The first kappa shape index (κ1) is 21.8. The molecule has 1 heterocycles. The van der Waals surface area contributed by atoms with Gasteiger partial charge in [0.2, 0.25) is 9.84 Å². The van der Waals surface area contributed by atoms with Gasteiger partial charge in [0.15, 0.2) is 4.90 Å². The summed E-state index contributed by atoms with van der Waals surface area (Å²) in [6, 6.07) is 16.7. The first-order valence-electron chi connectivity index (χ1n) is 9.62. The second-order valence-electron chi connectivity index (χ2n) is 7.36. The Kier molecular flexibility index (Phi) is 5.62. The van der Waals surface area contributed by atoms with Crippen molar-refractivity contribution >= 4 is 44.0 Å². The van der Waals surface area contributed by atoms with Crippen molar-refractivity contribution in [3.63, 3.8) is 0 Å². The molecule has 0 atom stereocenters. The number of halogens is 1. The summed E-state index contributed by atoms with van der Waals surface area (Å²) in [4.78, 5) is 24.5. The minimum atomic E-state index is -4.13. The maximum absolute atomic E-state index is 12.9. The number of amides is 1. The predicted molar refractivity (Wildman–Crippen MR) is 123 cm³/mol. The van der Waals surface area contributed by atoms with Crippen LogP contribution in [0.15, 0.2) is 85.7 Å². The summed E-state index contributed by atoms with van der Waals surface area (Å²) in [6.07, 6.45) is 0. The fourth-order valence-corrected chi connectivity index (χ4v) is 4.61. The Bertz CT molecular complexity index is 1520. The Balaban J connectivity index is 1.73. The SMILES string of the molecule is Cc1ccc(NC(=O)c2ccc3oc(=O)c(S(=O)(=O)c4ccc(Cl)cc4)cc3c2)cc1C. The standard InChI is InChI=1S/C24H18ClNO5S/c1-14-3-7-19(11-15(14)2)26-23(27)16-4-10-21-17(12-16)13-22(24(28)31-21)32(29,30)20-8-5-18(25)6-9-20/h3-13H,1-2H3,(H,26,27). The number of rotatable bonds is 4. The van der Waals surface area contributed by atoms with Gasteiger partial charge in [-0.1, -0.05) is 17.7 Å². The largest absolute Gasteiger partial charge is 0.422 e. The van der Waals surface area contributed by atoms with Gasteiger partial charge in [-0.05, 0) is 85.6 Å². The lowest BCUT2D eigenvalue weighted by atomic mass is 10.1. The summed E-state index contributed by atoms with van der Waals surface area (Å²) in [5.74, 6) is -0.372. The Morgan fingerprint density at radius 3 is 2.31 bits per heavy atom. The van der Waals surface area contributed by atoms with Gasteiger partial charge < -0.3 is 9.73 Å². The van der Waals surface area contributed by atoms with Gasteiger partial charge in [0.25, 0.3) is 5.91 Å². The van der Waals surface area contributed by atoms with Crippen LogP contribution in [0.4, 0.5) is 5.69 Å². The average Bonchev–Trinajstić information content (AvgIpc) is 2.75. The first-order chi connectivity index (χ1) is 15.1. The van der Waals surface area contributed by atoms with Crippen molar-refractivity contribution in [2.75, 3.05) is 5.32 Å². The number of carbonyl (C=O) groups excluding carboxylic acids is 1. The van der Waals surface area contributed by atoms with Gasteiger partial charge in [-0.15, -0.1) is 0 Å². The minimum absolute atomic E-state index is 0.0859. The monoisotopic (exact) mass is 467 g/mol. The van der Waals surface area contributed by atoms with E-state index < -0.39 is 20.4 Å². The zero-order valence-corrected chi connectivity index (χ0v) is 18.8. The molecule has 0 radical (unpaired) electrons. The highest BCUT2D eigenvalue weighted by Crippen LogP contribution is 2.24. The number of aryl methyl sites for hydroxylation is 2. The summed E-state index contributed by atoms with van der Waals surface area (Å²) in [6.45, 7) is 3.93. The third-order valence-electron chi connectivity index (χ3n) is 5.14. The molecular formula is C24H18ClNO5S. The zero-order chi connectivity index (χ0) is 23.0. The molecule has 0 fully saturated rings. The van der Waals surface area contributed by atoms with E-state index in [4.69, 9.17) is 16.0 Å². The van der Waals surface area contributed by atoms with Gasteiger partial charge in [-0.3, -0.25) is 4.79 Å². The van der Waals surface area contributed by atoms with E-state index in [1.54, 1.807) is 6.07 Å². The van der Waals surface area contributed by atoms with Crippen molar-refractivity contribution in [1.29, 1.82) is 0 Å². The van der Waals surface area contributed by atoms with Crippen LogP contribution in [0, 0.1) is 13.8 Å². The molecule has 0 aliphatic carbocycles. The van der Waals surface area contributed by atoms with Crippen LogP contribution in [0.2, 0.25) is 5.02 Å². The molecule has 1 N–H and O–H groups in total. The Labute approximate surface area is 189 Å². The molecule has 0 aliphatic rings. The second-order valence-corrected chi connectivity index (χ2v) is 9.72. The topological polar surface area (TPSA) is 93.4 Å². The average molecular weight is 468 g/mol. The minimum Gasteiger partial charge on any atom is -0.422 e. The highest BCUT2D eigenvalue weighted by atomic mass is 35.5. The molecule has 1 amide bonds. The molecule has 0 unspecified atom stereocenters. The van der Waals surface area contributed by atoms with Crippen LogP contribution in [-0.2, 0) is 9.84 Å². The van der Waals surface area contributed by atoms with Gasteiger partial charge in [-0.2, -0.15) is 0 Å². The fourth-order valence-electron chi connectivity index (χ4n) is 3.20. The fraction of sp³-hybridized carbons (Fsp3) is 0.0833. The zero-order valence-electron chi connectivity index (χ0n) is 17.2. The number of anilines is 1. The van der Waals surface area contributed by atoms with E-state index in [0.717, 1.165) is 11.1 Å². The van der Waals surface area contributed by atoms with Crippen molar-refractivity contribution in [3.8, 4) is 0 Å². The molecule has 0 bridgehead atoms. The Morgan fingerprint density at radius 2 is 1.62 bits per heavy atom. The molecule has 6 nitrogen and oxygen atoms in total. The van der Waals surface area contributed by atoms with Crippen LogP contribution in [0.3, 0.4) is 0 Å². The molecule has 32 heavy (non-hydrogen) atoms. The lowest BCUT2D eigenvalue weighted by Gasteiger charge is -2.09. The molecule has 3 aromatic carbocycles. The molecular weight excluding hydrogens is 450 g/mol. The van der Waals surface area contributed by atoms with Crippen LogP contribution in [0.25, 0.3) is 11.0 Å². The van der Waals surface area contributed by atoms with E-state index >= 15 is 0 Å². The van der Waals surface area contributed by atoms with Crippen molar-refractivity contribution < 1.29 is 17.6 Å². The van der Waals surface area contributed by atoms with E-state index in [1.165, 1.54) is 48.5 Å². The number of sulfone groups is 1. The number of hydrogen-bond acceptors (Lipinski definition) is 5. The Hall–Kier alpha value is -3.42. The van der Waals surface area contributed by atoms with E-state index in [9.17, 15) is 18.0 Å². The highest BCUT2D eigenvalue weighted by Gasteiger charge is 2.23. The molecule has 4 aromatic rings. The van der Waals surface area contributed by atoms with Crippen molar-refractivity contribution in [2.45, 2.75) is 23.6 Å². The molecule has 4 rings (SSSR count). The van der Waals surface area contributed by atoms with Crippen LogP contribution in [0.5, 0.6) is 0 Å². The quantitative estimate of drug-likeness (QED) is 0.419. The molecule has 0 saturated heterocycles. The third-order valence-corrected chi connectivity index (χ3v) is 7.15. The molecule has 0 aliphatic heterocycles. The lowest BCUT2D eigenvalue weighted by molar-refractivity contribution is 0.102. The lowest BCUT2D eigenvalue weighted by Crippen LogP contribution is -2.15. The number of nitrogens with one attached hydrogen (secondary N) is 1. The van der Waals surface area contributed by atoms with Crippen LogP contribution >= 0.6 is 11.6 Å². The Morgan fingerprint density at radius 1 is 0.906 bits per heavy atom. The molecule has 162 valence electrons. The van der Waals surface area contributed by atoms with Crippen molar-refractivity contribution in [1.82, 2.24) is 0 Å². The number of fused-ring (bicyclic) bond motifs is 1. The van der Waals surface area contributed by atoms with E-state index in [0.29, 0.717) is 21.7 Å². The second kappa shape index (κ2) is 8.26. The van der Waals surface area contributed by atoms with Gasteiger partial charge in [0, 0.05) is 21.7 Å². The molecule has 8 heteroatoms. The number of hydrogen-bond donors (Lipinski definition) is 1. The van der Waals surface area contributed by atoms with Crippen molar-refractivity contribution in [3.05, 3.63) is 98.9 Å². The number of benzene rings is 3. The van der Waals surface area contributed by atoms with Crippen LogP contribution in [-0.4, -0.2) is 14.3 Å². The summed E-state index contributed by atoms with van der Waals surface area (Å²) in [5.41, 5.74) is 2.27. The molecule has 0 spiro atoms. The first-order valence-corrected chi connectivity index (χ1v) is 11.5. The van der Waals surface area contributed by atoms with Gasteiger partial charge >= 0.3 is 5.63 Å². The van der Waals surface area contributed by atoms with Gasteiger partial charge in [-0.25, -0.2) is 13.2 Å². The summed E-state index contributed by atoms with van der Waals surface area (Å²) < 4.78 is 31.1. The van der Waals surface area contributed by atoms with Gasteiger partial charge in [0.05, 0.1) is 4.90 Å². The summed E-state index contributed by atoms with van der Waals surface area (Å²) in [5, 5.41) is 3.50. The smallest absolute Gasteiger partial charge is 0.355 e. The third kappa shape index (κ3) is 4.17. The molecule has 1 aromatic heterocycles. The maximum atomic E-state index is 12.9. The molecule has 0 saturated carbocycles. The van der Waals surface area contributed by atoms with E-state index in [1.807, 2.05) is 26.0 Å². The normalized spacial score (nSPS) is 11.5. The highest BCUT2D eigenvalue weighted by molar-refractivity contribution is 7.91.